The van der Waals surface area contributed by atoms with Crippen molar-refractivity contribution < 1.29 is 4.42 Å². The van der Waals surface area contributed by atoms with E-state index in [1.54, 1.807) is 5.56 Å². The van der Waals surface area contributed by atoms with Gasteiger partial charge in [0, 0.05) is 10.8 Å². The van der Waals surface area contributed by atoms with Crippen LogP contribution < -0.4 is 0 Å². The van der Waals surface area contributed by atoms with Gasteiger partial charge in [-0.2, -0.15) is 0 Å². The lowest BCUT2D eigenvalue weighted by molar-refractivity contribution is -0.00185. The van der Waals surface area contributed by atoms with E-state index in [0.717, 1.165) is 40.2 Å². The first kappa shape index (κ1) is 32.0. The lowest BCUT2D eigenvalue weighted by Gasteiger charge is -2.55. The molecule has 0 atom stereocenters. The predicted octanol–water partition coefficient (Wildman–Crippen LogP) is 15.7. The molecule has 57 heavy (non-hydrogen) atoms. The van der Waals surface area contributed by atoms with Gasteiger partial charge in [0.1, 0.15) is 11.2 Å². The SMILES string of the molecule is c1ccc(-c2c3ccccc3c(-c3ccc4oc5cccc(-c6c7ccccc7c(C7C8CC9CC(C8)CC7C9)c7ccccc67)c5c4c3)c3ccccc23)cc1. The molecular formula is C56H42O. The van der Waals surface area contributed by atoms with E-state index in [1.807, 2.05) is 0 Å². The standard InChI is InChI=1S/C56H42O/c1-2-13-35(14-3-1)52-39-15-4-6-17-41(39)53(42-18-7-5-16-40(42)52)36-25-26-49-48(32-36)55-47(23-12-24-50(55)57-49)54-43-19-8-10-21-45(43)56(46-22-11-9-20-44(46)54)51-37-28-33-27-34(30-37)31-38(51)29-33/h1-26,32-34,37-38,51H,27-31H2. The summed E-state index contributed by atoms with van der Waals surface area (Å²) in [7, 11) is 0. The lowest BCUT2D eigenvalue weighted by Crippen LogP contribution is -2.43. The summed E-state index contributed by atoms with van der Waals surface area (Å²) >= 11 is 0. The Morgan fingerprint density at radius 2 is 0.842 bits per heavy atom. The molecule has 0 saturated heterocycles. The Morgan fingerprint density at radius 1 is 0.351 bits per heavy atom. The van der Waals surface area contributed by atoms with E-state index in [4.69, 9.17) is 4.42 Å². The molecule has 0 radical (unpaired) electrons. The van der Waals surface area contributed by atoms with Crippen molar-refractivity contribution in [3.8, 4) is 33.4 Å². The zero-order valence-electron chi connectivity index (χ0n) is 31.9. The number of benzene rings is 9. The monoisotopic (exact) mass is 730 g/mol. The van der Waals surface area contributed by atoms with Crippen LogP contribution in [0.4, 0.5) is 0 Å². The van der Waals surface area contributed by atoms with Crippen LogP contribution in [0.5, 0.6) is 0 Å². The maximum absolute atomic E-state index is 6.76. The highest BCUT2D eigenvalue weighted by atomic mass is 16.3. The van der Waals surface area contributed by atoms with Gasteiger partial charge in [0.15, 0.2) is 0 Å². The third-order valence-corrected chi connectivity index (χ3v) is 14.6. The van der Waals surface area contributed by atoms with E-state index in [-0.39, 0.29) is 0 Å². The molecule has 4 fully saturated rings. The fraction of sp³-hybridized carbons (Fsp3) is 0.179. The van der Waals surface area contributed by atoms with Gasteiger partial charge in [-0.3, -0.25) is 0 Å². The molecule has 10 aromatic rings. The Morgan fingerprint density at radius 3 is 1.40 bits per heavy atom. The van der Waals surface area contributed by atoms with Crippen LogP contribution in [0.1, 0.15) is 43.6 Å². The number of hydrogen-bond donors (Lipinski definition) is 0. The minimum atomic E-state index is 0.646. The molecule has 1 nitrogen and oxygen atoms in total. The first-order chi connectivity index (χ1) is 28.3. The maximum atomic E-state index is 6.76. The molecule has 0 N–H and O–H groups in total. The summed E-state index contributed by atoms with van der Waals surface area (Å²) in [6.45, 7) is 0. The molecule has 14 rings (SSSR count). The minimum absolute atomic E-state index is 0.646. The molecule has 0 aliphatic heterocycles. The molecule has 1 aromatic heterocycles. The van der Waals surface area contributed by atoms with Crippen molar-refractivity contribution in [2.75, 3.05) is 0 Å². The summed E-state index contributed by atoms with van der Waals surface area (Å²) in [5, 5.41) is 13.1. The van der Waals surface area contributed by atoms with Crippen molar-refractivity contribution in [3.63, 3.8) is 0 Å². The van der Waals surface area contributed by atoms with Crippen LogP contribution in [0.25, 0.3) is 98.4 Å². The van der Waals surface area contributed by atoms with Gasteiger partial charge in [-0.15, -0.1) is 0 Å². The van der Waals surface area contributed by atoms with Gasteiger partial charge in [-0.05, 0) is 162 Å². The Hall–Kier alpha value is -6.18. The van der Waals surface area contributed by atoms with Crippen LogP contribution in [-0.4, -0.2) is 0 Å². The van der Waals surface area contributed by atoms with Gasteiger partial charge in [0.2, 0.25) is 0 Å². The largest absolute Gasteiger partial charge is 0.456 e. The molecule has 4 aliphatic carbocycles. The summed E-state index contributed by atoms with van der Waals surface area (Å²) in [4.78, 5) is 0. The Labute approximate surface area is 332 Å². The molecule has 1 heterocycles. The summed E-state index contributed by atoms with van der Waals surface area (Å²) in [6.07, 6.45) is 7.17. The molecule has 4 bridgehead atoms. The van der Waals surface area contributed by atoms with E-state index in [2.05, 4.69) is 164 Å². The van der Waals surface area contributed by atoms with Crippen molar-refractivity contribution in [1.29, 1.82) is 0 Å². The second kappa shape index (κ2) is 12.2. The van der Waals surface area contributed by atoms with E-state index in [0.29, 0.717) is 5.92 Å². The molecule has 0 spiro atoms. The van der Waals surface area contributed by atoms with Gasteiger partial charge in [0.05, 0.1) is 0 Å². The van der Waals surface area contributed by atoms with Crippen LogP contribution in [0.15, 0.2) is 168 Å². The Bertz CT molecular complexity index is 3110. The second-order valence-corrected chi connectivity index (χ2v) is 17.5. The zero-order chi connectivity index (χ0) is 37.2. The Kier molecular flexibility index (Phi) is 6.82. The normalized spacial score (nSPS) is 21.5. The summed E-state index contributed by atoms with van der Waals surface area (Å²) < 4.78 is 6.76. The average Bonchev–Trinajstić information content (AvgIpc) is 3.63. The maximum Gasteiger partial charge on any atom is 0.136 e. The third kappa shape index (κ3) is 4.63. The van der Waals surface area contributed by atoms with Crippen LogP contribution >= 0.6 is 0 Å². The summed E-state index contributed by atoms with van der Waals surface area (Å²) in [5.74, 6) is 4.18. The second-order valence-electron chi connectivity index (χ2n) is 17.5. The minimum Gasteiger partial charge on any atom is -0.456 e. The van der Waals surface area contributed by atoms with Crippen LogP contribution in [0, 0.1) is 23.7 Å². The topological polar surface area (TPSA) is 13.1 Å². The quantitative estimate of drug-likeness (QED) is 0.164. The van der Waals surface area contributed by atoms with E-state index < -0.39 is 0 Å². The molecule has 9 aromatic carbocycles. The van der Waals surface area contributed by atoms with Crippen molar-refractivity contribution in [1.82, 2.24) is 0 Å². The number of rotatable bonds is 4. The smallest absolute Gasteiger partial charge is 0.136 e. The highest BCUT2D eigenvalue weighted by Crippen LogP contribution is 2.62. The van der Waals surface area contributed by atoms with Gasteiger partial charge >= 0.3 is 0 Å². The van der Waals surface area contributed by atoms with Crippen molar-refractivity contribution in [2.24, 2.45) is 23.7 Å². The van der Waals surface area contributed by atoms with Crippen molar-refractivity contribution >= 4 is 65.0 Å². The fourth-order valence-corrected chi connectivity index (χ4v) is 12.8. The van der Waals surface area contributed by atoms with Gasteiger partial charge in [-0.25, -0.2) is 0 Å². The van der Waals surface area contributed by atoms with Gasteiger partial charge in [0.25, 0.3) is 0 Å². The average molecular weight is 731 g/mol. The molecular weight excluding hydrogens is 689 g/mol. The number of fused-ring (bicyclic) bond motifs is 7. The summed E-state index contributed by atoms with van der Waals surface area (Å²) in [6, 6.07) is 61.1. The fourth-order valence-electron chi connectivity index (χ4n) is 12.8. The third-order valence-electron chi connectivity index (χ3n) is 14.6. The number of hydrogen-bond acceptors (Lipinski definition) is 1. The van der Waals surface area contributed by atoms with Crippen LogP contribution in [0.3, 0.4) is 0 Å². The molecule has 4 saturated carbocycles. The molecule has 1 heteroatoms. The van der Waals surface area contributed by atoms with Crippen molar-refractivity contribution in [3.05, 3.63) is 169 Å². The highest BCUT2D eigenvalue weighted by Gasteiger charge is 2.49. The molecule has 4 aliphatic rings. The summed E-state index contributed by atoms with van der Waals surface area (Å²) in [5.41, 5.74) is 11.1. The zero-order valence-corrected chi connectivity index (χ0v) is 31.9. The Balaban J connectivity index is 1.08. The van der Waals surface area contributed by atoms with Crippen LogP contribution in [-0.2, 0) is 0 Å². The highest BCUT2D eigenvalue weighted by molar-refractivity contribution is 6.25. The van der Waals surface area contributed by atoms with Gasteiger partial charge in [-0.1, -0.05) is 146 Å². The van der Waals surface area contributed by atoms with E-state index in [1.165, 1.54) is 114 Å². The van der Waals surface area contributed by atoms with E-state index in [9.17, 15) is 0 Å². The van der Waals surface area contributed by atoms with Crippen LogP contribution in [0.2, 0.25) is 0 Å². The number of furan rings is 1. The molecule has 272 valence electrons. The molecule has 0 unspecified atom stereocenters. The molecule has 0 amide bonds. The lowest BCUT2D eigenvalue weighted by atomic mass is 9.50. The van der Waals surface area contributed by atoms with Gasteiger partial charge < -0.3 is 4.42 Å². The predicted molar refractivity (Wildman–Crippen MR) is 240 cm³/mol. The first-order valence-electron chi connectivity index (χ1n) is 21.1. The van der Waals surface area contributed by atoms with E-state index >= 15 is 0 Å². The first-order valence-corrected chi connectivity index (χ1v) is 21.1. The van der Waals surface area contributed by atoms with Crippen molar-refractivity contribution in [2.45, 2.75) is 38.0 Å².